The Labute approximate surface area is 94.5 Å². The zero-order valence-corrected chi connectivity index (χ0v) is 9.19. The Morgan fingerprint density at radius 3 is 3.25 bits per heavy atom. The van der Waals surface area contributed by atoms with Crippen LogP contribution in [-0.2, 0) is 6.54 Å². The first-order chi connectivity index (χ1) is 7.86. The summed E-state index contributed by atoms with van der Waals surface area (Å²) in [5.74, 6) is 0. The zero-order valence-electron chi connectivity index (χ0n) is 9.19. The van der Waals surface area contributed by atoms with Crippen LogP contribution < -0.4 is 11.1 Å². The van der Waals surface area contributed by atoms with E-state index in [9.17, 15) is 0 Å². The summed E-state index contributed by atoms with van der Waals surface area (Å²) in [6.45, 7) is 1.67. The second-order valence-corrected chi connectivity index (χ2v) is 4.32. The molecular weight excluding hydrogens is 200 g/mol. The lowest BCUT2D eigenvalue weighted by molar-refractivity contribution is 0.632. The fourth-order valence-electron chi connectivity index (χ4n) is 2.28. The third-order valence-electron chi connectivity index (χ3n) is 3.20. The Kier molecular flexibility index (Phi) is 2.38. The number of nitrogens with two attached hydrogens (primary N) is 1. The molecule has 1 aliphatic rings. The lowest BCUT2D eigenvalue weighted by Crippen LogP contribution is -2.12. The van der Waals surface area contributed by atoms with Gasteiger partial charge in [-0.25, -0.2) is 4.98 Å². The average molecular weight is 216 g/mol. The van der Waals surface area contributed by atoms with Crippen LogP contribution in [0, 0.1) is 0 Å². The molecule has 0 bridgehead atoms. The number of hydrogen-bond acceptors (Lipinski definition) is 3. The van der Waals surface area contributed by atoms with E-state index in [1.165, 1.54) is 12.8 Å². The molecule has 16 heavy (non-hydrogen) atoms. The molecule has 3 heterocycles. The molecule has 4 nitrogen and oxygen atoms in total. The van der Waals surface area contributed by atoms with Crippen molar-refractivity contribution in [3.05, 3.63) is 35.8 Å². The van der Waals surface area contributed by atoms with Crippen molar-refractivity contribution in [1.29, 1.82) is 0 Å². The van der Waals surface area contributed by atoms with E-state index < -0.39 is 0 Å². The largest absolute Gasteiger partial charge is 0.326 e. The van der Waals surface area contributed by atoms with Crippen molar-refractivity contribution in [2.45, 2.75) is 25.4 Å². The van der Waals surface area contributed by atoms with Crippen molar-refractivity contribution in [2.75, 3.05) is 6.54 Å². The number of nitrogens with zero attached hydrogens (tertiary/aromatic N) is 2. The molecule has 4 heteroatoms. The van der Waals surface area contributed by atoms with E-state index in [0.717, 1.165) is 23.4 Å². The molecule has 2 aromatic rings. The summed E-state index contributed by atoms with van der Waals surface area (Å²) in [6.07, 6.45) is 6.57. The summed E-state index contributed by atoms with van der Waals surface area (Å²) in [7, 11) is 0. The van der Waals surface area contributed by atoms with Gasteiger partial charge in [-0.05, 0) is 37.1 Å². The fourth-order valence-corrected chi connectivity index (χ4v) is 2.28. The first-order valence-electron chi connectivity index (χ1n) is 5.78. The number of hydrogen-bond donors (Lipinski definition) is 2. The van der Waals surface area contributed by atoms with Crippen molar-refractivity contribution < 1.29 is 0 Å². The monoisotopic (exact) mass is 216 g/mol. The van der Waals surface area contributed by atoms with Gasteiger partial charge in [0, 0.05) is 18.9 Å². The topological polar surface area (TPSA) is 55.4 Å². The molecule has 0 spiro atoms. The van der Waals surface area contributed by atoms with Crippen LogP contribution in [0.5, 0.6) is 0 Å². The molecule has 0 aliphatic carbocycles. The van der Waals surface area contributed by atoms with E-state index in [-0.39, 0.29) is 0 Å². The number of aromatic nitrogens is 2. The van der Waals surface area contributed by atoms with Crippen molar-refractivity contribution in [1.82, 2.24) is 14.7 Å². The van der Waals surface area contributed by atoms with Gasteiger partial charge in [-0.15, -0.1) is 0 Å². The third kappa shape index (κ3) is 1.60. The molecule has 0 radical (unpaired) electrons. The van der Waals surface area contributed by atoms with E-state index in [4.69, 9.17) is 5.73 Å². The lowest BCUT2D eigenvalue weighted by Gasteiger charge is -2.04. The van der Waals surface area contributed by atoms with E-state index in [1.54, 1.807) is 0 Å². The van der Waals surface area contributed by atoms with Gasteiger partial charge in [0.1, 0.15) is 5.65 Å². The van der Waals surface area contributed by atoms with E-state index in [0.29, 0.717) is 12.6 Å². The van der Waals surface area contributed by atoms with Crippen LogP contribution in [-0.4, -0.2) is 15.9 Å². The number of nitrogens with one attached hydrogen (secondary N) is 1. The molecule has 3 N–H and O–H groups in total. The Morgan fingerprint density at radius 1 is 1.56 bits per heavy atom. The highest BCUT2D eigenvalue weighted by Gasteiger charge is 2.18. The summed E-state index contributed by atoms with van der Waals surface area (Å²) in [5, 5.41) is 3.46. The first kappa shape index (κ1) is 9.81. The van der Waals surface area contributed by atoms with Crippen LogP contribution in [0.1, 0.15) is 30.1 Å². The molecule has 84 valence electrons. The molecule has 3 rings (SSSR count). The molecule has 1 aliphatic heterocycles. The molecule has 1 saturated heterocycles. The predicted molar refractivity (Wildman–Crippen MR) is 63.1 cm³/mol. The Bertz CT molecular complexity index is 497. The van der Waals surface area contributed by atoms with Crippen molar-refractivity contribution in [3.63, 3.8) is 0 Å². The third-order valence-corrected chi connectivity index (χ3v) is 3.20. The van der Waals surface area contributed by atoms with E-state index >= 15 is 0 Å². The number of rotatable bonds is 2. The van der Waals surface area contributed by atoms with Crippen molar-refractivity contribution in [3.8, 4) is 0 Å². The maximum absolute atomic E-state index is 5.62. The molecule has 1 fully saturated rings. The predicted octanol–water partition coefficient (Wildman–Crippen LogP) is 1.22. The Morgan fingerprint density at radius 2 is 2.50 bits per heavy atom. The van der Waals surface area contributed by atoms with Gasteiger partial charge in [-0.2, -0.15) is 0 Å². The summed E-state index contributed by atoms with van der Waals surface area (Å²) in [6, 6.07) is 4.53. The molecule has 1 unspecified atom stereocenters. The number of fused-ring (bicyclic) bond motifs is 1. The molecule has 0 saturated carbocycles. The number of imidazole rings is 1. The normalized spacial score (nSPS) is 20.7. The first-order valence-corrected chi connectivity index (χ1v) is 5.78. The minimum absolute atomic E-state index is 0.432. The summed E-state index contributed by atoms with van der Waals surface area (Å²) >= 11 is 0. The smallest absolute Gasteiger partial charge is 0.137 e. The van der Waals surface area contributed by atoms with Gasteiger partial charge in [0.15, 0.2) is 0 Å². The van der Waals surface area contributed by atoms with Gasteiger partial charge < -0.3 is 15.5 Å². The van der Waals surface area contributed by atoms with E-state index in [2.05, 4.69) is 27.0 Å². The van der Waals surface area contributed by atoms with Gasteiger partial charge in [0.05, 0.1) is 11.7 Å². The maximum Gasteiger partial charge on any atom is 0.137 e. The Hall–Kier alpha value is -1.39. The van der Waals surface area contributed by atoms with E-state index in [1.807, 2.05) is 12.3 Å². The van der Waals surface area contributed by atoms with Gasteiger partial charge >= 0.3 is 0 Å². The molecular formula is C12H16N4. The second kappa shape index (κ2) is 3.88. The minimum Gasteiger partial charge on any atom is -0.326 e. The highest BCUT2D eigenvalue weighted by atomic mass is 15.0. The van der Waals surface area contributed by atoms with Crippen LogP contribution in [0.2, 0.25) is 0 Å². The summed E-state index contributed by atoms with van der Waals surface area (Å²) < 4.78 is 2.06. The van der Waals surface area contributed by atoms with Crippen LogP contribution in [0.4, 0.5) is 0 Å². The quantitative estimate of drug-likeness (QED) is 0.793. The lowest BCUT2D eigenvalue weighted by atomic mass is 10.2. The maximum atomic E-state index is 5.62. The molecule has 0 aromatic carbocycles. The van der Waals surface area contributed by atoms with Gasteiger partial charge in [0.2, 0.25) is 0 Å². The van der Waals surface area contributed by atoms with Crippen molar-refractivity contribution in [2.24, 2.45) is 5.73 Å². The van der Waals surface area contributed by atoms with Crippen molar-refractivity contribution >= 4 is 5.65 Å². The standard InChI is InChI=1S/C12H16N4/c13-7-9-3-5-16-8-11(15-12(16)6-9)10-2-1-4-14-10/h3,5-6,8,10,14H,1-2,4,7,13H2. The van der Waals surface area contributed by atoms with Gasteiger partial charge in [-0.1, -0.05) is 0 Å². The van der Waals surface area contributed by atoms with Crippen LogP contribution in [0.25, 0.3) is 5.65 Å². The number of pyridine rings is 1. The average Bonchev–Trinajstić information content (AvgIpc) is 2.96. The summed E-state index contributed by atoms with van der Waals surface area (Å²) in [4.78, 5) is 4.65. The molecule has 2 aromatic heterocycles. The van der Waals surface area contributed by atoms with Gasteiger partial charge in [-0.3, -0.25) is 0 Å². The summed E-state index contributed by atoms with van der Waals surface area (Å²) in [5.41, 5.74) is 8.89. The molecule has 0 amide bonds. The molecule has 1 atom stereocenters. The van der Waals surface area contributed by atoms with Crippen LogP contribution in [0.3, 0.4) is 0 Å². The highest BCUT2D eigenvalue weighted by Crippen LogP contribution is 2.22. The fraction of sp³-hybridized carbons (Fsp3) is 0.417. The zero-order chi connectivity index (χ0) is 11.0. The second-order valence-electron chi connectivity index (χ2n) is 4.32. The van der Waals surface area contributed by atoms with Gasteiger partial charge in [0.25, 0.3) is 0 Å². The Balaban J connectivity index is 2.01. The minimum atomic E-state index is 0.432. The van der Waals surface area contributed by atoms with Crippen LogP contribution in [0.15, 0.2) is 24.5 Å². The SMILES string of the molecule is NCc1ccn2cc(C3CCCN3)nc2c1. The van der Waals surface area contributed by atoms with Crippen LogP contribution >= 0.6 is 0 Å². The highest BCUT2D eigenvalue weighted by molar-refractivity contribution is 5.43.